The van der Waals surface area contributed by atoms with E-state index < -0.39 is 10.0 Å². The minimum atomic E-state index is -3.49. The van der Waals surface area contributed by atoms with Gasteiger partial charge in [-0.15, -0.1) is 0 Å². The van der Waals surface area contributed by atoms with E-state index in [0.717, 1.165) is 4.31 Å². The zero-order valence-electron chi connectivity index (χ0n) is 7.97. The van der Waals surface area contributed by atoms with Crippen LogP contribution in [0.3, 0.4) is 0 Å². The van der Waals surface area contributed by atoms with Crippen LogP contribution in [0.4, 0.5) is 0 Å². The van der Waals surface area contributed by atoms with Crippen molar-refractivity contribution in [3.05, 3.63) is 24.3 Å². The maximum absolute atomic E-state index is 11.7. The number of benzene rings is 1. The molecule has 0 saturated carbocycles. The van der Waals surface area contributed by atoms with Crippen molar-refractivity contribution in [1.29, 1.82) is 0 Å². The topological polar surface area (TPSA) is 72.6 Å². The molecule has 1 aromatic rings. The molecule has 6 heteroatoms. The van der Waals surface area contributed by atoms with E-state index >= 15 is 0 Å². The van der Waals surface area contributed by atoms with E-state index in [1.165, 1.54) is 26.2 Å². The van der Waals surface area contributed by atoms with E-state index in [9.17, 15) is 8.42 Å². The number of para-hydroxylation sites is 1. The van der Waals surface area contributed by atoms with Crippen LogP contribution >= 0.6 is 0 Å². The summed E-state index contributed by atoms with van der Waals surface area (Å²) < 4.78 is 24.5. The highest BCUT2D eigenvalue weighted by Gasteiger charge is 2.21. The number of sulfonamides is 1. The van der Waals surface area contributed by atoms with Crippen LogP contribution in [0.5, 0.6) is 5.75 Å². The molecule has 1 rings (SSSR count). The Hall–Kier alpha value is -1.11. The first-order chi connectivity index (χ1) is 6.50. The maximum Gasteiger partial charge on any atom is 0.246 e. The van der Waals surface area contributed by atoms with Crippen molar-refractivity contribution in [2.45, 2.75) is 4.90 Å². The molecule has 0 atom stereocenters. The molecule has 14 heavy (non-hydrogen) atoms. The molecule has 0 aliphatic rings. The van der Waals surface area contributed by atoms with E-state index in [-0.39, 0.29) is 10.6 Å². The molecule has 1 aromatic carbocycles. The Balaban J connectivity index is 3.32. The SMILES string of the molecule is CN(C)S(=O)(=O)c1ccccc1ON. The Morgan fingerprint density at radius 3 is 2.36 bits per heavy atom. The molecule has 78 valence electrons. The zero-order valence-corrected chi connectivity index (χ0v) is 8.78. The van der Waals surface area contributed by atoms with Gasteiger partial charge in [0.15, 0.2) is 5.75 Å². The maximum atomic E-state index is 11.7. The molecule has 0 spiro atoms. The van der Waals surface area contributed by atoms with E-state index in [2.05, 4.69) is 4.84 Å². The standard InChI is InChI=1S/C8H12N2O3S/c1-10(2)14(11,12)8-6-4-3-5-7(8)13-9/h3-6H,9H2,1-2H3. The minimum absolute atomic E-state index is 0.0625. The van der Waals surface area contributed by atoms with Gasteiger partial charge in [0.2, 0.25) is 10.0 Å². The molecule has 5 nitrogen and oxygen atoms in total. The van der Waals surface area contributed by atoms with Crippen LogP contribution in [0, 0.1) is 0 Å². The minimum Gasteiger partial charge on any atom is -0.410 e. The van der Waals surface area contributed by atoms with Gasteiger partial charge in [0, 0.05) is 14.1 Å². The van der Waals surface area contributed by atoms with Gasteiger partial charge in [-0.05, 0) is 12.1 Å². The van der Waals surface area contributed by atoms with Crippen molar-refractivity contribution in [2.75, 3.05) is 14.1 Å². The summed E-state index contributed by atoms with van der Waals surface area (Å²) in [7, 11) is -0.597. The lowest BCUT2D eigenvalue weighted by atomic mass is 10.3. The molecule has 0 bridgehead atoms. The van der Waals surface area contributed by atoms with Crippen LogP contribution in [0.1, 0.15) is 0 Å². The number of hydrogen-bond donors (Lipinski definition) is 1. The van der Waals surface area contributed by atoms with Crippen LogP contribution in [0.15, 0.2) is 29.2 Å². The second-order valence-corrected chi connectivity index (χ2v) is 4.97. The van der Waals surface area contributed by atoms with Crippen molar-refractivity contribution in [3.8, 4) is 5.75 Å². The van der Waals surface area contributed by atoms with E-state index in [0.29, 0.717) is 0 Å². The smallest absolute Gasteiger partial charge is 0.246 e. The number of nitrogens with two attached hydrogens (primary N) is 1. The predicted molar refractivity (Wildman–Crippen MR) is 52.1 cm³/mol. The van der Waals surface area contributed by atoms with Crippen molar-refractivity contribution in [1.82, 2.24) is 4.31 Å². The number of hydrogen-bond acceptors (Lipinski definition) is 4. The van der Waals surface area contributed by atoms with Crippen molar-refractivity contribution in [3.63, 3.8) is 0 Å². The van der Waals surface area contributed by atoms with Crippen LogP contribution in [0.2, 0.25) is 0 Å². The van der Waals surface area contributed by atoms with E-state index in [1.807, 2.05) is 0 Å². The molecule has 0 aliphatic carbocycles. The molecule has 0 heterocycles. The molecular formula is C8H12N2O3S. The molecule has 0 saturated heterocycles. The van der Waals surface area contributed by atoms with Crippen LogP contribution in [-0.4, -0.2) is 26.8 Å². The Bertz CT molecular complexity index is 414. The summed E-state index contributed by atoms with van der Waals surface area (Å²) >= 11 is 0. The summed E-state index contributed by atoms with van der Waals surface area (Å²) in [4.78, 5) is 4.54. The second-order valence-electron chi connectivity index (χ2n) is 2.85. The molecule has 2 N–H and O–H groups in total. The zero-order chi connectivity index (χ0) is 10.8. The van der Waals surface area contributed by atoms with Crippen LogP contribution in [-0.2, 0) is 10.0 Å². The quantitative estimate of drug-likeness (QED) is 0.732. The lowest BCUT2D eigenvalue weighted by Gasteiger charge is -2.13. The van der Waals surface area contributed by atoms with Crippen molar-refractivity contribution >= 4 is 10.0 Å². The number of nitrogens with zero attached hydrogens (tertiary/aromatic N) is 1. The Kier molecular flexibility index (Phi) is 3.10. The van der Waals surface area contributed by atoms with Gasteiger partial charge in [-0.3, -0.25) is 0 Å². The highest BCUT2D eigenvalue weighted by Crippen LogP contribution is 2.23. The summed E-state index contributed by atoms with van der Waals surface area (Å²) in [5, 5.41) is 0. The van der Waals surface area contributed by atoms with Gasteiger partial charge in [0.05, 0.1) is 0 Å². The van der Waals surface area contributed by atoms with Gasteiger partial charge >= 0.3 is 0 Å². The fourth-order valence-electron chi connectivity index (χ4n) is 0.957. The summed E-state index contributed by atoms with van der Waals surface area (Å²) in [6.45, 7) is 0. The van der Waals surface area contributed by atoms with Gasteiger partial charge in [0.25, 0.3) is 0 Å². The van der Waals surface area contributed by atoms with Crippen LogP contribution < -0.4 is 10.7 Å². The van der Waals surface area contributed by atoms with Gasteiger partial charge in [-0.2, -0.15) is 5.90 Å². The molecule has 0 radical (unpaired) electrons. The van der Waals surface area contributed by atoms with Gasteiger partial charge < -0.3 is 4.84 Å². The monoisotopic (exact) mass is 216 g/mol. The summed E-state index contributed by atoms with van der Waals surface area (Å²) in [5.41, 5.74) is 0. The van der Waals surface area contributed by atoms with Gasteiger partial charge in [-0.25, -0.2) is 12.7 Å². The van der Waals surface area contributed by atoms with Gasteiger partial charge in [-0.1, -0.05) is 12.1 Å². The molecule has 0 aromatic heterocycles. The Morgan fingerprint density at radius 2 is 1.86 bits per heavy atom. The largest absolute Gasteiger partial charge is 0.410 e. The highest BCUT2D eigenvalue weighted by molar-refractivity contribution is 7.89. The molecular weight excluding hydrogens is 204 g/mol. The first kappa shape index (κ1) is 11.0. The third-order valence-electron chi connectivity index (χ3n) is 1.73. The fraction of sp³-hybridized carbons (Fsp3) is 0.250. The molecule has 0 aliphatic heterocycles. The first-order valence-electron chi connectivity index (χ1n) is 3.88. The Labute approximate surface area is 83.1 Å². The molecule has 0 unspecified atom stereocenters. The molecule has 0 fully saturated rings. The van der Waals surface area contributed by atoms with E-state index in [1.54, 1.807) is 12.1 Å². The highest BCUT2D eigenvalue weighted by atomic mass is 32.2. The third-order valence-corrected chi connectivity index (χ3v) is 3.59. The normalized spacial score (nSPS) is 11.7. The fourth-order valence-corrected chi connectivity index (χ4v) is 1.97. The predicted octanol–water partition coefficient (Wildman–Crippen LogP) is 0.189. The van der Waals surface area contributed by atoms with Crippen molar-refractivity contribution in [2.24, 2.45) is 5.90 Å². The Morgan fingerprint density at radius 1 is 1.29 bits per heavy atom. The molecule has 0 amide bonds. The van der Waals surface area contributed by atoms with Gasteiger partial charge in [0.1, 0.15) is 4.90 Å². The number of rotatable bonds is 3. The third kappa shape index (κ3) is 1.87. The lowest BCUT2D eigenvalue weighted by molar-refractivity contribution is 0.324. The van der Waals surface area contributed by atoms with Crippen LogP contribution in [0.25, 0.3) is 0 Å². The summed E-state index contributed by atoms with van der Waals surface area (Å²) in [6.07, 6.45) is 0. The summed E-state index contributed by atoms with van der Waals surface area (Å²) in [5.74, 6) is 5.10. The summed E-state index contributed by atoms with van der Waals surface area (Å²) in [6, 6.07) is 6.20. The second kappa shape index (κ2) is 3.95. The first-order valence-corrected chi connectivity index (χ1v) is 5.32. The average Bonchev–Trinajstić information content (AvgIpc) is 2.17. The average molecular weight is 216 g/mol. The van der Waals surface area contributed by atoms with Crippen molar-refractivity contribution < 1.29 is 13.3 Å². The lowest BCUT2D eigenvalue weighted by Crippen LogP contribution is -2.23. The van der Waals surface area contributed by atoms with E-state index in [4.69, 9.17) is 5.90 Å².